The van der Waals surface area contributed by atoms with Crippen LogP contribution in [-0.2, 0) is 9.59 Å². The van der Waals surface area contributed by atoms with Gasteiger partial charge in [0.15, 0.2) is 0 Å². The summed E-state index contributed by atoms with van der Waals surface area (Å²) in [6.45, 7) is 4.31. The van der Waals surface area contributed by atoms with E-state index in [-0.39, 0.29) is 25.0 Å². The van der Waals surface area contributed by atoms with E-state index >= 15 is 0 Å². The Morgan fingerprint density at radius 3 is 2.16 bits per heavy atom. The van der Waals surface area contributed by atoms with Crippen LogP contribution in [0.1, 0.15) is 11.1 Å². The van der Waals surface area contributed by atoms with E-state index in [2.05, 4.69) is 0 Å². The highest BCUT2D eigenvalue weighted by Gasteiger charge is 2.22. The number of hydrogen-bond donors (Lipinski definition) is 0. The van der Waals surface area contributed by atoms with E-state index in [1.165, 1.54) is 12.2 Å². The van der Waals surface area contributed by atoms with Crippen LogP contribution >= 0.6 is 11.6 Å². The van der Waals surface area contributed by atoms with Crippen molar-refractivity contribution in [2.24, 2.45) is 0 Å². The van der Waals surface area contributed by atoms with Gasteiger partial charge in [0.2, 0.25) is 0 Å². The van der Waals surface area contributed by atoms with Gasteiger partial charge >= 0.3 is 0 Å². The van der Waals surface area contributed by atoms with Crippen LogP contribution in [0.5, 0.6) is 5.75 Å². The fraction of sp³-hybridized carbons (Fsp3) is 0.286. The summed E-state index contributed by atoms with van der Waals surface area (Å²) in [5, 5.41) is 0.724. The number of imide groups is 1. The highest BCUT2D eigenvalue weighted by molar-refractivity contribution is 6.32. The van der Waals surface area contributed by atoms with Crippen molar-refractivity contribution in [1.29, 1.82) is 0 Å². The van der Waals surface area contributed by atoms with Crippen LogP contribution in [-0.4, -0.2) is 29.9 Å². The first-order valence-corrected chi connectivity index (χ1v) is 6.30. The second-order valence-electron chi connectivity index (χ2n) is 4.38. The average Bonchev–Trinajstić information content (AvgIpc) is 2.67. The molecule has 1 aliphatic rings. The summed E-state index contributed by atoms with van der Waals surface area (Å²) in [5.74, 6) is 0.0978. The Morgan fingerprint density at radius 1 is 1.11 bits per heavy atom. The first-order chi connectivity index (χ1) is 8.99. The Morgan fingerprint density at radius 2 is 1.63 bits per heavy atom. The molecule has 2 rings (SSSR count). The maximum absolute atomic E-state index is 11.3. The lowest BCUT2D eigenvalue weighted by Gasteiger charge is -2.15. The van der Waals surface area contributed by atoms with Gasteiger partial charge in [0.05, 0.1) is 6.54 Å². The van der Waals surface area contributed by atoms with Gasteiger partial charge in [-0.1, -0.05) is 11.6 Å². The molecule has 4 nitrogen and oxygen atoms in total. The van der Waals surface area contributed by atoms with Crippen molar-refractivity contribution in [1.82, 2.24) is 4.90 Å². The normalized spacial score (nSPS) is 14.4. The van der Waals surface area contributed by atoms with Crippen molar-refractivity contribution in [3.8, 4) is 5.75 Å². The van der Waals surface area contributed by atoms with E-state index in [4.69, 9.17) is 16.3 Å². The van der Waals surface area contributed by atoms with E-state index in [1.807, 2.05) is 26.0 Å². The van der Waals surface area contributed by atoms with E-state index < -0.39 is 0 Å². The SMILES string of the molecule is Cc1cc(OCCN2C(=O)C=CC2=O)cc(C)c1Cl. The third kappa shape index (κ3) is 2.96. The second-order valence-corrected chi connectivity index (χ2v) is 4.76. The number of carbonyl (C=O) groups is 2. The van der Waals surface area contributed by atoms with Crippen LogP contribution in [0, 0.1) is 13.8 Å². The molecule has 0 aliphatic carbocycles. The Balaban J connectivity index is 1.93. The van der Waals surface area contributed by atoms with E-state index in [0.29, 0.717) is 5.75 Å². The molecule has 0 spiro atoms. The molecule has 5 heteroatoms. The van der Waals surface area contributed by atoms with Gasteiger partial charge < -0.3 is 4.74 Å². The summed E-state index contributed by atoms with van der Waals surface area (Å²) in [7, 11) is 0. The highest BCUT2D eigenvalue weighted by Crippen LogP contribution is 2.25. The number of aryl methyl sites for hydroxylation is 2. The largest absolute Gasteiger partial charge is 0.492 e. The summed E-state index contributed by atoms with van der Waals surface area (Å²) in [6.07, 6.45) is 2.53. The molecule has 0 N–H and O–H groups in total. The number of amides is 2. The summed E-state index contributed by atoms with van der Waals surface area (Å²) in [6, 6.07) is 3.67. The zero-order valence-corrected chi connectivity index (χ0v) is 11.5. The first-order valence-electron chi connectivity index (χ1n) is 5.92. The highest BCUT2D eigenvalue weighted by atomic mass is 35.5. The molecule has 1 aromatic rings. The summed E-state index contributed by atoms with van der Waals surface area (Å²) in [5.41, 5.74) is 1.87. The standard InChI is InChI=1S/C14H14ClNO3/c1-9-7-11(8-10(2)14(9)15)19-6-5-16-12(17)3-4-13(16)18/h3-4,7-8H,5-6H2,1-2H3. The number of nitrogens with zero attached hydrogens (tertiary/aromatic N) is 1. The van der Waals surface area contributed by atoms with Crippen molar-refractivity contribution in [3.63, 3.8) is 0 Å². The van der Waals surface area contributed by atoms with Crippen LogP contribution in [0.3, 0.4) is 0 Å². The lowest BCUT2D eigenvalue weighted by Crippen LogP contribution is -2.33. The molecular formula is C14H14ClNO3. The van der Waals surface area contributed by atoms with E-state index in [0.717, 1.165) is 21.0 Å². The van der Waals surface area contributed by atoms with Crippen molar-refractivity contribution >= 4 is 23.4 Å². The molecule has 0 unspecified atom stereocenters. The van der Waals surface area contributed by atoms with Gasteiger partial charge in [-0.2, -0.15) is 0 Å². The topological polar surface area (TPSA) is 46.6 Å². The fourth-order valence-corrected chi connectivity index (χ4v) is 2.00. The zero-order valence-electron chi connectivity index (χ0n) is 10.8. The molecule has 2 amide bonds. The maximum atomic E-state index is 11.3. The number of ether oxygens (including phenoxy) is 1. The van der Waals surface area contributed by atoms with Crippen molar-refractivity contribution in [2.45, 2.75) is 13.8 Å². The summed E-state index contributed by atoms with van der Waals surface area (Å²) in [4.78, 5) is 23.8. The predicted octanol–water partition coefficient (Wildman–Crippen LogP) is 2.26. The van der Waals surface area contributed by atoms with Gasteiger partial charge in [0.1, 0.15) is 12.4 Å². The van der Waals surface area contributed by atoms with Crippen molar-refractivity contribution in [3.05, 3.63) is 40.4 Å². The zero-order chi connectivity index (χ0) is 14.0. The Labute approximate surface area is 116 Å². The molecule has 0 radical (unpaired) electrons. The molecule has 1 aromatic carbocycles. The second kappa shape index (κ2) is 5.45. The van der Waals surface area contributed by atoms with Crippen LogP contribution in [0.25, 0.3) is 0 Å². The minimum atomic E-state index is -0.294. The Bertz CT molecular complexity index is 525. The Kier molecular flexibility index (Phi) is 3.90. The number of benzene rings is 1. The van der Waals surface area contributed by atoms with Crippen LogP contribution < -0.4 is 4.74 Å². The minimum Gasteiger partial charge on any atom is -0.492 e. The quantitative estimate of drug-likeness (QED) is 0.794. The minimum absolute atomic E-state index is 0.241. The summed E-state index contributed by atoms with van der Waals surface area (Å²) >= 11 is 6.06. The molecule has 0 saturated heterocycles. The van der Waals surface area contributed by atoms with Gasteiger partial charge in [-0.05, 0) is 37.1 Å². The monoisotopic (exact) mass is 279 g/mol. The summed E-state index contributed by atoms with van der Waals surface area (Å²) < 4.78 is 5.55. The van der Waals surface area contributed by atoms with Crippen molar-refractivity contribution in [2.75, 3.05) is 13.2 Å². The molecule has 100 valence electrons. The van der Waals surface area contributed by atoms with Crippen LogP contribution in [0.4, 0.5) is 0 Å². The van der Waals surface area contributed by atoms with Crippen LogP contribution in [0.2, 0.25) is 5.02 Å². The molecule has 0 saturated carbocycles. The molecule has 0 bridgehead atoms. The number of carbonyl (C=O) groups excluding carboxylic acids is 2. The van der Waals surface area contributed by atoms with Gasteiger partial charge in [-0.3, -0.25) is 14.5 Å². The van der Waals surface area contributed by atoms with Crippen molar-refractivity contribution < 1.29 is 14.3 Å². The number of halogens is 1. The third-order valence-corrected chi connectivity index (χ3v) is 3.49. The third-order valence-electron chi connectivity index (χ3n) is 2.89. The molecule has 0 aromatic heterocycles. The average molecular weight is 280 g/mol. The maximum Gasteiger partial charge on any atom is 0.253 e. The molecule has 0 atom stereocenters. The van der Waals surface area contributed by atoms with E-state index in [1.54, 1.807) is 0 Å². The lowest BCUT2D eigenvalue weighted by molar-refractivity contribution is -0.137. The predicted molar refractivity (Wildman–Crippen MR) is 72.3 cm³/mol. The van der Waals surface area contributed by atoms with E-state index in [9.17, 15) is 9.59 Å². The van der Waals surface area contributed by atoms with Gasteiger partial charge in [0.25, 0.3) is 11.8 Å². The molecule has 0 fully saturated rings. The number of rotatable bonds is 4. The number of hydrogen-bond acceptors (Lipinski definition) is 3. The first kappa shape index (κ1) is 13.6. The lowest BCUT2D eigenvalue weighted by atomic mass is 10.1. The Hall–Kier alpha value is -1.81. The molecular weight excluding hydrogens is 266 g/mol. The molecule has 1 aliphatic heterocycles. The molecule has 1 heterocycles. The fourth-order valence-electron chi connectivity index (χ4n) is 1.90. The van der Waals surface area contributed by atoms with Gasteiger partial charge in [-0.25, -0.2) is 0 Å². The van der Waals surface area contributed by atoms with Gasteiger partial charge in [-0.15, -0.1) is 0 Å². The smallest absolute Gasteiger partial charge is 0.253 e. The van der Waals surface area contributed by atoms with Gasteiger partial charge in [0, 0.05) is 17.2 Å². The van der Waals surface area contributed by atoms with Crippen LogP contribution in [0.15, 0.2) is 24.3 Å². The molecule has 19 heavy (non-hydrogen) atoms.